The normalized spacial score (nSPS) is 24.3. The van der Waals surface area contributed by atoms with Crippen LogP contribution in [0.2, 0.25) is 10.0 Å². The lowest BCUT2D eigenvalue weighted by atomic mass is 9.92. The van der Waals surface area contributed by atoms with E-state index in [1.54, 1.807) is 6.07 Å². The maximum Gasteiger partial charge on any atom is 0.305 e. The molecule has 0 aromatic heterocycles. The molecule has 1 aliphatic carbocycles. The molecule has 2 rings (SSSR count). The molecule has 29 heavy (non-hydrogen) atoms. The maximum atomic E-state index is 14.4. The smallest absolute Gasteiger partial charge is 0.305 e. The van der Waals surface area contributed by atoms with Crippen molar-refractivity contribution in [3.05, 3.63) is 40.4 Å². The number of ether oxygens (including phenoxy) is 1. The molecule has 1 saturated carbocycles. The minimum atomic E-state index is -1.03. The van der Waals surface area contributed by atoms with E-state index in [1.807, 2.05) is 24.3 Å². The van der Waals surface area contributed by atoms with Gasteiger partial charge in [-0.15, -0.1) is 11.8 Å². The molecule has 2 N–H and O–H groups in total. The lowest BCUT2D eigenvalue weighted by Crippen LogP contribution is -2.23. The number of hydrogen-bond acceptors (Lipinski definition) is 5. The van der Waals surface area contributed by atoms with E-state index in [-0.39, 0.29) is 37.4 Å². The Morgan fingerprint density at radius 1 is 1.24 bits per heavy atom. The fraction of sp³-hybridized carbons (Fsp3) is 0.571. The lowest BCUT2D eigenvalue weighted by Gasteiger charge is -2.21. The van der Waals surface area contributed by atoms with Crippen molar-refractivity contribution >= 4 is 40.9 Å². The number of benzene rings is 1. The second-order valence-electron chi connectivity index (χ2n) is 7.11. The molecule has 2 unspecified atom stereocenters. The van der Waals surface area contributed by atoms with Crippen molar-refractivity contribution in [2.75, 3.05) is 19.0 Å². The number of unbranched alkanes of at least 4 members (excludes halogenated alkanes) is 1. The number of carbonyl (C=O) groups is 1. The van der Waals surface area contributed by atoms with Crippen LogP contribution in [-0.2, 0) is 9.53 Å². The molecule has 4 atom stereocenters. The van der Waals surface area contributed by atoms with Crippen LogP contribution in [0.5, 0.6) is 0 Å². The lowest BCUT2D eigenvalue weighted by molar-refractivity contribution is -0.144. The van der Waals surface area contributed by atoms with Crippen LogP contribution in [0, 0.1) is 11.8 Å². The van der Waals surface area contributed by atoms with Gasteiger partial charge in [-0.05, 0) is 43.4 Å². The summed E-state index contributed by atoms with van der Waals surface area (Å²) in [6.45, 7) is -0.148. The van der Waals surface area contributed by atoms with Crippen LogP contribution in [0.15, 0.2) is 35.2 Å². The number of esters is 1. The van der Waals surface area contributed by atoms with Crippen LogP contribution in [0.25, 0.3) is 0 Å². The zero-order valence-electron chi connectivity index (χ0n) is 16.1. The number of alkyl halides is 1. The molecule has 1 aliphatic rings. The van der Waals surface area contributed by atoms with Gasteiger partial charge in [0.05, 0.1) is 12.7 Å². The van der Waals surface area contributed by atoms with Gasteiger partial charge in [-0.3, -0.25) is 4.79 Å². The minimum Gasteiger partial charge on any atom is -0.463 e. The van der Waals surface area contributed by atoms with Gasteiger partial charge in [-0.25, -0.2) is 4.39 Å². The second-order valence-corrected chi connectivity index (χ2v) is 9.07. The van der Waals surface area contributed by atoms with Gasteiger partial charge < -0.3 is 14.9 Å². The van der Waals surface area contributed by atoms with Gasteiger partial charge in [-0.1, -0.05) is 35.4 Å². The van der Waals surface area contributed by atoms with Crippen LogP contribution in [-0.4, -0.2) is 47.4 Å². The van der Waals surface area contributed by atoms with Crippen molar-refractivity contribution in [2.45, 2.75) is 49.3 Å². The third kappa shape index (κ3) is 8.46. The highest BCUT2D eigenvalue weighted by atomic mass is 35.5. The summed E-state index contributed by atoms with van der Waals surface area (Å²) < 4.78 is 19.2. The molecule has 0 saturated heterocycles. The first-order chi connectivity index (χ1) is 13.9. The van der Waals surface area contributed by atoms with Gasteiger partial charge in [0, 0.05) is 39.5 Å². The number of thioether (sulfide) groups is 1. The monoisotopic (exact) mass is 464 g/mol. The highest BCUT2D eigenvalue weighted by Crippen LogP contribution is 2.40. The number of aliphatic hydroxyl groups is 2. The van der Waals surface area contributed by atoms with E-state index in [4.69, 9.17) is 33.0 Å². The molecule has 0 radical (unpaired) electrons. The fourth-order valence-corrected chi connectivity index (χ4v) is 5.39. The molecule has 1 fully saturated rings. The van der Waals surface area contributed by atoms with E-state index in [0.29, 0.717) is 41.5 Å². The van der Waals surface area contributed by atoms with Gasteiger partial charge in [-0.2, -0.15) is 0 Å². The summed E-state index contributed by atoms with van der Waals surface area (Å²) in [5.74, 6) is -0.120. The summed E-state index contributed by atoms with van der Waals surface area (Å²) in [4.78, 5) is 12.2. The summed E-state index contributed by atoms with van der Waals surface area (Å²) in [6, 6.07) is 5.29. The van der Waals surface area contributed by atoms with Crippen molar-refractivity contribution < 1.29 is 24.1 Å². The molecule has 1 aromatic carbocycles. The van der Waals surface area contributed by atoms with Gasteiger partial charge in [0.2, 0.25) is 0 Å². The van der Waals surface area contributed by atoms with Crippen molar-refractivity contribution in [3.63, 3.8) is 0 Å². The van der Waals surface area contributed by atoms with Crippen molar-refractivity contribution in [3.8, 4) is 0 Å². The Labute approximate surface area is 185 Å². The SMILES string of the molecule is O=C(CCC/C=C\C[C@H]1C(F)CC(O)[C@@H]1CSc1cc(Cl)cc(Cl)c1)OCCO. The molecule has 162 valence electrons. The first-order valence-corrected chi connectivity index (χ1v) is 11.5. The first-order valence-electron chi connectivity index (χ1n) is 9.73. The van der Waals surface area contributed by atoms with Gasteiger partial charge >= 0.3 is 5.97 Å². The number of halogens is 3. The van der Waals surface area contributed by atoms with Crippen molar-refractivity contribution in [1.29, 1.82) is 0 Å². The Morgan fingerprint density at radius 3 is 2.66 bits per heavy atom. The molecule has 4 nitrogen and oxygen atoms in total. The van der Waals surface area contributed by atoms with E-state index in [2.05, 4.69) is 0 Å². The van der Waals surface area contributed by atoms with Crippen LogP contribution < -0.4 is 0 Å². The van der Waals surface area contributed by atoms with E-state index in [0.717, 1.165) is 4.90 Å². The van der Waals surface area contributed by atoms with Crippen LogP contribution in [0.3, 0.4) is 0 Å². The zero-order valence-corrected chi connectivity index (χ0v) is 18.4. The number of hydrogen-bond donors (Lipinski definition) is 2. The molecule has 0 spiro atoms. The average Bonchev–Trinajstić information content (AvgIpc) is 2.93. The predicted molar refractivity (Wildman–Crippen MR) is 115 cm³/mol. The third-order valence-electron chi connectivity index (χ3n) is 4.93. The number of aliphatic hydroxyl groups excluding tert-OH is 2. The van der Waals surface area contributed by atoms with Crippen molar-refractivity contribution in [2.24, 2.45) is 11.8 Å². The topological polar surface area (TPSA) is 66.8 Å². The van der Waals surface area contributed by atoms with E-state index in [1.165, 1.54) is 11.8 Å². The maximum absolute atomic E-state index is 14.4. The molecular formula is C21H27Cl2FO4S. The molecule has 0 amide bonds. The van der Waals surface area contributed by atoms with E-state index < -0.39 is 12.3 Å². The summed E-state index contributed by atoms with van der Waals surface area (Å²) in [5, 5.41) is 20.0. The van der Waals surface area contributed by atoms with Crippen LogP contribution in [0.1, 0.15) is 32.1 Å². The third-order valence-corrected chi connectivity index (χ3v) is 6.49. The molecule has 0 bridgehead atoms. The second kappa shape index (κ2) is 12.8. The van der Waals surface area contributed by atoms with Gasteiger partial charge in [0.15, 0.2) is 0 Å². The highest BCUT2D eigenvalue weighted by Gasteiger charge is 2.41. The van der Waals surface area contributed by atoms with Crippen LogP contribution in [0.4, 0.5) is 4.39 Å². The zero-order chi connectivity index (χ0) is 21.2. The minimum absolute atomic E-state index is 0.0252. The molecule has 1 aromatic rings. The standard InChI is InChI=1S/C21H27Cl2FO4S/c22-14-9-15(23)11-16(10-14)29-13-18-17(19(24)12-20(18)26)5-3-1-2-4-6-21(27)28-8-7-25/h1,3,9-11,17-20,25-26H,2,4-8,12-13H2/b3-1-/t17-,18-,19?,20?/m1/s1. The summed E-state index contributed by atoms with van der Waals surface area (Å²) >= 11 is 13.6. The van der Waals surface area contributed by atoms with E-state index >= 15 is 0 Å². The molecule has 0 aliphatic heterocycles. The number of carbonyl (C=O) groups excluding carboxylic acids is 1. The van der Waals surface area contributed by atoms with Crippen molar-refractivity contribution in [1.82, 2.24) is 0 Å². The highest BCUT2D eigenvalue weighted by molar-refractivity contribution is 7.99. The summed E-state index contributed by atoms with van der Waals surface area (Å²) in [7, 11) is 0. The number of rotatable bonds is 11. The Balaban J connectivity index is 1.79. The largest absolute Gasteiger partial charge is 0.463 e. The molecule has 0 heterocycles. The average molecular weight is 465 g/mol. The summed E-state index contributed by atoms with van der Waals surface area (Å²) in [5.41, 5.74) is 0. The Bertz CT molecular complexity index is 668. The van der Waals surface area contributed by atoms with Gasteiger partial charge in [0.25, 0.3) is 0 Å². The van der Waals surface area contributed by atoms with E-state index in [9.17, 15) is 14.3 Å². The van der Waals surface area contributed by atoms with Gasteiger partial charge in [0.1, 0.15) is 12.8 Å². The quantitative estimate of drug-likeness (QED) is 0.207. The molecular weight excluding hydrogens is 438 g/mol. The predicted octanol–water partition coefficient (Wildman–Crippen LogP) is 5.07. The number of allylic oxidation sites excluding steroid dienone is 2. The first kappa shape index (κ1) is 24.5. The Kier molecular flexibility index (Phi) is 10.8. The Hall–Kier alpha value is -0.790. The van der Waals surface area contributed by atoms with Crippen LogP contribution >= 0.6 is 35.0 Å². The summed E-state index contributed by atoms with van der Waals surface area (Å²) in [6.07, 6.45) is 4.52. The Morgan fingerprint density at radius 2 is 1.97 bits per heavy atom. The molecule has 8 heteroatoms. The fourth-order valence-electron chi connectivity index (χ4n) is 3.46.